The number of likely N-dealkylation sites (tertiary alicyclic amines) is 1. The monoisotopic (exact) mass is 536 g/mol. The summed E-state index contributed by atoms with van der Waals surface area (Å²) < 4.78 is 20.7. The number of ether oxygens (including phenoxy) is 3. The summed E-state index contributed by atoms with van der Waals surface area (Å²) in [5.74, 6) is 1.56. The molecular weight excluding hydrogens is 500 g/mol. The van der Waals surface area contributed by atoms with Crippen molar-refractivity contribution in [1.82, 2.24) is 39.4 Å². The molecule has 2 aliphatic heterocycles. The van der Waals surface area contributed by atoms with Gasteiger partial charge in [0.15, 0.2) is 11.3 Å². The van der Waals surface area contributed by atoms with Crippen LogP contribution in [0.4, 0.5) is 4.79 Å². The molecule has 0 aliphatic carbocycles. The first kappa shape index (κ1) is 26.7. The Morgan fingerprint density at radius 3 is 2.03 bits per heavy atom. The summed E-state index contributed by atoms with van der Waals surface area (Å²) in [6, 6.07) is 8.20. The predicted molar refractivity (Wildman–Crippen MR) is 144 cm³/mol. The third kappa shape index (κ3) is 6.75. The van der Waals surface area contributed by atoms with E-state index in [-0.39, 0.29) is 24.3 Å². The Kier molecular flexibility index (Phi) is 7.56. The molecule has 0 saturated carbocycles. The third-order valence-corrected chi connectivity index (χ3v) is 6.57. The van der Waals surface area contributed by atoms with Crippen molar-refractivity contribution >= 4 is 17.4 Å². The molecule has 2 aliphatic rings. The highest BCUT2D eigenvalue weighted by Crippen LogP contribution is 2.25. The van der Waals surface area contributed by atoms with Gasteiger partial charge in [0.1, 0.15) is 42.0 Å². The minimum Gasteiger partial charge on any atom is -0.487 e. The normalized spacial score (nSPS) is 23.1. The van der Waals surface area contributed by atoms with Crippen LogP contribution in [-0.2, 0) is 4.74 Å². The summed E-state index contributed by atoms with van der Waals surface area (Å²) in [4.78, 5) is 22.1. The molecule has 2 saturated heterocycles. The van der Waals surface area contributed by atoms with Gasteiger partial charge in [0, 0.05) is 31.5 Å². The van der Waals surface area contributed by atoms with Gasteiger partial charge in [-0.15, -0.1) is 0 Å². The summed E-state index contributed by atoms with van der Waals surface area (Å²) in [6.45, 7) is 11.2. The van der Waals surface area contributed by atoms with Crippen LogP contribution in [0.1, 0.15) is 47.5 Å². The lowest BCUT2D eigenvalue weighted by Crippen LogP contribution is -2.39. The Balaban J connectivity index is 0.000000168. The first-order valence-corrected chi connectivity index (χ1v) is 13.3. The second kappa shape index (κ2) is 11.0. The van der Waals surface area contributed by atoms with E-state index in [1.54, 1.807) is 20.1 Å². The lowest BCUT2D eigenvalue weighted by molar-refractivity contribution is 0.0224. The van der Waals surface area contributed by atoms with Crippen molar-refractivity contribution in [2.75, 3.05) is 13.1 Å². The lowest BCUT2D eigenvalue weighted by atomic mass is 10.2. The Labute approximate surface area is 227 Å². The topological polar surface area (TPSA) is 120 Å². The van der Waals surface area contributed by atoms with Gasteiger partial charge in [-0.3, -0.25) is 0 Å². The van der Waals surface area contributed by atoms with Crippen LogP contribution in [0.5, 0.6) is 11.5 Å². The average Bonchev–Trinajstić information content (AvgIpc) is 3.66. The molecule has 6 rings (SSSR count). The van der Waals surface area contributed by atoms with Crippen LogP contribution in [0.3, 0.4) is 0 Å². The number of aromatic nitrogens is 6. The van der Waals surface area contributed by atoms with Crippen LogP contribution in [0.2, 0.25) is 0 Å². The Morgan fingerprint density at radius 1 is 0.897 bits per heavy atom. The number of rotatable bonds is 4. The van der Waals surface area contributed by atoms with Crippen LogP contribution < -0.4 is 14.8 Å². The van der Waals surface area contributed by atoms with Crippen molar-refractivity contribution in [2.45, 2.75) is 77.4 Å². The highest BCUT2D eigenvalue weighted by molar-refractivity contribution is 5.69. The van der Waals surface area contributed by atoms with Gasteiger partial charge >= 0.3 is 6.09 Å². The molecule has 208 valence electrons. The summed E-state index contributed by atoms with van der Waals surface area (Å²) in [5.41, 5.74) is 1.12. The van der Waals surface area contributed by atoms with Gasteiger partial charge in [-0.2, -0.15) is 10.2 Å². The largest absolute Gasteiger partial charge is 0.487 e. The quantitative estimate of drug-likeness (QED) is 0.418. The number of nitrogens with one attached hydrogen (secondary N) is 1. The summed E-state index contributed by atoms with van der Waals surface area (Å²) in [6.07, 6.45) is 8.44. The van der Waals surface area contributed by atoms with Crippen molar-refractivity contribution in [1.29, 1.82) is 0 Å². The van der Waals surface area contributed by atoms with Crippen LogP contribution in [-0.4, -0.2) is 83.2 Å². The standard InChI is InChI=1S/C16H22N4O3.C11H14N4O/c1-11-7-13(8-19(11)15(21)23-16(2,3)4)22-12-5-6-14-17-10-18-20(14)9-12;1-8-4-10(5-12-8)16-9-2-3-11-13-7-14-15(11)6-9/h5-6,9-11,13H,7-8H2,1-4H3;2-3,6-8,10,12H,4-5H2,1H3/t11-,13+;8-,10+/m00/s1. The van der Waals surface area contributed by atoms with E-state index < -0.39 is 5.60 Å². The van der Waals surface area contributed by atoms with Crippen molar-refractivity contribution < 1.29 is 19.0 Å². The van der Waals surface area contributed by atoms with E-state index in [2.05, 4.69) is 32.4 Å². The zero-order chi connectivity index (χ0) is 27.6. The summed E-state index contributed by atoms with van der Waals surface area (Å²) in [7, 11) is 0. The smallest absolute Gasteiger partial charge is 0.410 e. The van der Waals surface area contributed by atoms with E-state index in [1.165, 1.54) is 12.7 Å². The number of carbonyl (C=O) groups is 1. The van der Waals surface area contributed by atoms with Gasteiger partial charge < -0.3 is 24.4 Å². The number of fused-ring (bicyclic) bond motifs is 2. The van der Waals surface area contributed by atoms with E-state index >= 15 is 0 Å². The fourth-order valence-corrected chi connectivity index (χ4v) is 4.75. The SMILES string of the molecule is C[C@H]1C[C@@H](Oc2ccc3ncnn3c2)CN1.C[C@H]1C[C@@H](Oc2ccc3ncnn3c2)CN1C(=O)OC(C)(C)C. The molecule has 39 heavy (non-hydrogen) atoms. The molecule has 1 amide bonds. The Morgan fingerprint density at radius 2 is 1.49 bits per heavy atom. The van der Waals surface area contributed by atoms with Crippen LogP contribution in [0, 0.1) is 0 Å². The second-order valence-corrected chi connectivity index (χ2v) is 11.1. The molecule has 0 radical (unpaired) electrons. The van der Waals surface area contributed by atoms with E-state index in [4.69, 9.17) is 14.2 Å². The third-order valence-electron chi connectivity index (χ3n) is 6.57. The van der Waals surface area contributed by atoms with Crippen molar-refractivity contribution in [3.05, 3.63) is 49.3 Å². The highest BCUT2D eigenvalue weighted by Gasteiger charge is 2.36. The van der Waals surface area contributed by atoms with Gasteiger partial charge in [-0.25, -0.2) is 23.8 Å². The molecule has 6 heterocycles. The zero-order valence-electron chi connectivity index (χ0n) is 23.0. The molecule has 12 heteroatoms. The van der Waals surface area contributed by atoms with Crippen molar-refractivity contribution in [3.63, 3.8) is 0 Å². The van der Waals surface area contributed by atoms with E-state index in [0.29, 0.717) is 18.3 Å². The molecule has 4 atom stereocenters. The van der Waals surface area contributed by atoms with Gasteiger partial charge in [0.2, 0.25) is 0 Å². The van der Waals surface area contributed by atoms with Crippen LogP contribution in [0.25, 0.3) is 11.3 Å². The van der Waals surface area contributed by atoms with E-state index in [9.17, 15) is 4.79 Å². The Bertz CT molecular complexity index is 1410. The van der Waals surface area contributed by atoms with E-state index in [0.717, 1.165) is 36.4 Å². The van der Waals surface area contributed by atoms with Gasteiger partial charge in [-0.05, 0) is 58.9 Å². The van der Waals surface area contributed by atoms with E-state index in [1.807, 2.05) is 58.2 Å². The van der Waals surface area contributed by atoms with Gasteiger partial charge in [-0.1, -0.05) is 0 Å². The zero-order valence-corrected chi connectivity index (χ0v) is 23.0. The fraction of sp³-hybridized carbons (Fsp3) is 0.519. The summed E-state index contributed by atoms with van der Waals surface area (Å²) in [5, 5.41) is 11.5. The first-order chi connectivity index (χ1) is 18.6. The molecule has 0 spiro atoms. The molecule has 0 bridgehead atoms. The molecule has 4 aromatic heterocycles. The van der Waals surface area contributed by atoms with Crippen LogP contribution >= 0.6 is 0 Å². The first-order valence-electron chi connectivity index (χ1n) is 13.3. The average molecular weight is 537 g/mol. The summed E-state index contributed by atoms with van der Waals surface area (Å²) >= 11 is 0. The maximum atomic E-state index is 12.2. The highest BCUT2D eigenvalue weighted by atomic mass is 16.6. The Hall–Kier alpha value is -3.93. The molecule has 0 aromatic carbocycles. The van der Waals surface area contributed by atoms with Crippen LogP contribution in [0.15, 0.2) is 49.3 Å². The fourth-order valence-electron chi connectivity index (χ4n) is 4.75. The number of hydrogen-bond donors (Lipinski definition) is 1. The minimum atomic E-state index is -0.492. The number of hydrogen-bond acceptors (Lipinski definition) is 9. The molecule has 2 fully saturated rings. The number of amides is 1. The number of nitrogens with zero attached hydrogens (tertiary/aromatic N) is 7. The molecule has 0 unspecified atom stereocenters. The van der Waals surface area contributed by atoms with Gasteiger partial charge in [0.25, 0.3) is 0 Å². The molecule has 4 aromatic rings. The predicted octanol–water partition coefficient (Wildman–Crippen LogP) is 3.36. The molecule has 12 nitrogen and oxygen atoms in total. The number of carbonyl (C=O) groups excluding carboxylic acids is 1. The number of pyridine rings is 2. The second-order valence-electron chi connectivity index (χ2n) is 11.1. The molecule has 1 N–H and O–H groups in total. The maximum absolute atomic E-state index is 12.2. The lowest BCUT2D eigenvalue weighted by Gasteiger charge is -2.26. The van der Waals surface area contributed by atoms with Crippen molar-refractivity contribution in [3.8, 4) is 11.5 Å². The van der Waals surface area contributed by atoms with Crippen molar-refractivity contribution in [2.24, 2.45) is 0 Å². The van der Waals surface area contributed by atoms with Gasteiger partial charge in [0.05, 0.1) is 18.9 Å². The minimum absolute atomic E-state index is 0.0570. The maximum Gasteiger partial charge on any atom is 0.410 e. The molecular formula is C27H36N8O4.